The Bertz CT molecular complexity index is 506. The van der Waals surface area contributed by atoms with E-state index in [0.717, 1.165) is 12.0 Å². The number of para-hydroxylation sites is 1. The van der Waals surface area contributed by atoms with Gasteiger partial charge < -0.3 is 5.11 Å². The molecule has 22 heavy (non-hydrogen) atoms. The lowest BCUT2D eigenvalue weighted by atomic mass is 10.0. The van der Waals surface area contributed by atoms with Crippen molar-refractivity contribution < 1.29 is 9.90 Å². The Morgan fingerprint density at radius 3 is 1.86 bits per heavy atom. The second-order valence-corrected chi connectivity index (χ2v) is 5.29. The second kappa shape index (κ2) is 11.6. The third-order valence-corrected chi connectivity index (χ3v) is 3.36. The van der Waals surface area contributed by atoms with Gasteiger partial charge >= 0.3 is 0 Å². The molecular formula is C20H26O2. The quantitative estimate of drug-likeness (QED) is 0.532. The minimum absolute atomic E-state index is 0.284. The number of carbonyl (C=O) groups is 1. The first-order valence-electron chi connectivity index (χ1n) is 8.06. The number of ketones is 1. The molecule has 118 valence electrons. The van der Waals surface area contributed by atoms with Gasteiger partial charge in [-0.2, -0.15) is 0 Å². The van der Waals surface area contributed by atoms with E-state index in [1.807, 2.05) is 36.4 Å². The molecular weight excluding hydrogens is 272 g/mol. The van der Waals surface area contributed by atoms with Crippen LogP contribution in [0, 0.1) is 0 Å². The topological polar surface area (TPSA) is 37.3 Å². The van der Waals surface area contributed by atoms with Crippen LogP contribution in [0.25, 0.3) is 0 Å². The van der Waals surface area contributed by atoms with Gasteiger partial charge in [-0.05, 0) is 18.6 Å². The lowest BCUT2D eigenvalue weighted by Gasteiger charge is -2.00. The van der Waals surface area contributed by atoms with E-state index in [2.05, 4.69) is 6.92 Å². The van der Waals surface area contributed by atoms with Crippen molar-refractivity contribution in [3.05, 3.63) is 66.2 Å². The van der Waals surface area contributed by atoms with E-state index in [9.17, 15) is 4.79 Å². The molecule has 0 amide bonds. The number of hydrogen-bond acceptors (Lipinski definition) is 2. The number of hydrogen-bond donors (Lipinski definition) is 1. The Labute approximate surface area is 133 Å². The molecule has 2 heteroatoms. The molecule has 1 N–H and O–H groups in total. The number of phenolic OH excluding ortho intramolecular Hbond substituents is 1. The van der Waals surface area contributed by atoms with Crippen molar-refractivity contribution in [1.82, 2.24) is 0 Å². The summed E-state index contributed by atoms with van der Waals surface area (Å²) in [5, 5.41) is 8.63. The normalized spacial score (nSPS) is 9.68. The molecule has 2 nitrogen and oxygen atoms in total. The number of rotatable bonds is 7. The third kappa shape index (κ3) is 8.25. The summed E-state index contributed by atoms with van der Waals surface area (Å²) in [6, 6.07) is 18.3. The van der Waals surface area contributed by atoms with Crippen LogP contribution in [-0.2, 0) is 0 Å². The Hall–Kier alpha value is -2.09. The summed E-state index contributed by atoms with van der Waals surface area (Å²) in [6.07, 6.45) is 6.73. The SMILES string of the molecule is CCCCCCCC(=O)c1ccccc1.Oc1ccccc1. The molecule has 0 aliphatic heterocycles. The van der Waals surface area contributed by atoms with Gasteiger partial charge in [0.1, 0.15) is 5.75 Å². The number of aromatic hydroxyl groups is 1. The molecule has 0 heterocycles. The first-order valence-corrected chi connectivity index (χ1v) is 8.06. The fourth-order valence-electron chi connectivity index (χ4n) is 2.09. The van der Waals surface area contributed by atoms with Crippen LogP contribution in [0.5, 0.6) is 5.75 Å². The van der Waals surface area contributed by atoms with Gasteiger partial charge in [-0.1, -0.05) is 81.1 Å². The minimum Gasteiger partial charge on any atom is -0.508 e. The minimum atomic E-state index is 0.284. The smallest absolute Gasteiger partial charge is 0.162 e. The van der Waals surface area contributed by atoms with Crippen molar-refractivity contribution in [3.63, 3.8) is 0 Å². The van der Waals surface area contributed by atoms with Crippen LogP contribution in [0.1, 0.15) is 55.8 Å². The highest BCUT2D eigenvalue weighted by Gasteiger charge is 2.03. The van der Waals surface area contributed by atoms with Crippen LogP contribution in [0.4, 0.5) is 0 Å². The maximum Gasteiger partial charge on any atom is 0.162 e. The molecule has 2 rings (SSSR count). The molecule has 0 bridgehead atoms. The molecule has 0 radical (unpaired) electrons. The Balaban J connectivity index is 0.000000287. The molecule has 0 spiro atoms. The number of carbonyl (C=O) groups excluding carboxylic acids is 1. The fourth-order valence-corrected chi connectivity index (χ4v) is 2.09. The standard InChI is InChI=1S/C14H20O.C6H6O/c1-2-3-4-5-9-12-14(15)13-10-7-6-8-11-13;7-6-4-2-1-3-5-6/h6-8,10-11H,2-5,9,12H2,1H3;1-5,7H. The fraction of sp³-hybridized carbons (Fsp3) is 0.350. The zero-order valence-corrected chi connectivity index (χ0v) is 13.4. The van der Waals surface area contributed by atoms with Crippen LogP contribution in [0.15, 0.2) is 60.7 Å². The molecule has 0 saturated heterocycles. The molecule has 0 unspecified atom stereocenters. The Morgan fingerprint density at radius 1 is 0.818 bits per heavy atom. The summed E-state index contributed by atoms with van der Waals surface area (Å²) in [7, 11) is 0. The van der Waals surface area contributed by atoms with E-state index in [1.165, 1.54) is 25.7 Å². The number of benzene rings is 2. The molecule has 2 aromatic rings. The van der Waals surface area contributed by atoms with Crippen LogP contribution in [-0.4, -0.2) is 10.9 Å². The van der Waals surface area contributed by atoms with Crippen LogP contribution >= 0.6 is 0 Å². The summed E-state index contributed by atoms with van der Waals surface area (Å²) >= 11 is 0. The highest BCUT2D eigenvalue weighted by molar-refractivity contribution is 5.95. The first kappa shape index (κ1) is 18.0. The predicted octanol–water partition coefficient (Wildman–Crippen LogP) is 5.62. The maximum absolute atomic E-state index is 11.7. The second-order valence-electron chi connectivity index (χ2n) is 5.29. The van der Waals surface area contributed by atoms with E-state index in [1.54, 1.807) is 24.3 Å². The Kier molecular flexibility index (Phi) is 9.43. The van der Waals surface area contributed by atoms with Crippen molar-refractivity contribution in [3.8, 4) is 5.75 Å². The largest absolute Gasteiger partial charge is 0.508 e. The van der Waals surface area contributed by atoms with Gasteiger partial charge in [-0.25, -0.2) is 0 Å². The highest BCUT2D eigenvalue weighted by Crippen LogP contribution is 2.09. The summed E-state index contributed by atoms with van der Waals surface area (Å²) in [5.74, 6) is 0.606. The van der Waals surface area contributed by atoms with E-state index >= 15 is 0 Å². The van der Waals surface area contributed by atoms with Crippen molar-refractivity contribution in [2.45, 2.75) is 45.4 Å². The average molecular weight is 298 g/mol. The lowest BCUT2D eigenvalue weighted by Crippen LogP contribution is -1.98. The molecule has 0 aliphatic carbocycles. The van der Waals surface area contributed by atoms with E-state index in [0.29, 0.717) is 12.2 Å². The van der Waals surface area contributed by atoms with Crippen LogP contribution < -0.4 is 0 Å². The summed E-state index contributed by atoms with van der Waals surface area (Å²) in [4.78, 5) is 11.7. The van der Waals surface area contributed by atoms with Crippen molar-refractivity contribution in [2.75, 3.05) is 0 Å². The number of Topliss-reactive ketones (excluding diaryl/α,β-unsaturated/α-hetero) is 1. The van der Waals surface area contributed by atoms with Gasteiger partial charge in [0.05, 0.1) is 0 Å². The van der Waals surface area contributed by atoms with Gasteiger partial charge in [0, 0.05) is 12.0 Å². The number of unbranched alkanes of at least 4 members (excludes halogenated alkanes) is 4. The summed E-state index contributed by atoms with van der Waals surface area (Å²) in [5.41, 5.74) is 0.855. The predicted molar refractivity (Wildman–Crippen MR) is 92.3 cm³/mol. The highest BCUT2D eigenvalue weighted by atomic mass is 16.3. The summed E-state index contributed by atoms with van der Waals surface area (Å²) in [6.45, 7) is 2.20. The van der Waals surface area contributed by atoms with Gasteiger partial charge in [-0.3, -0.25) is 4.79 Å². The van der Waals surface area contributed by atoms with Gasteiger partial charge in [0.15, 0.2) is 5.78 Å². The van der Waals surface area contributed by atoms with Gasteiger partial charge in [-0.15, -0.1) is 0 Å². The summed E-state index contributed by atoms with van der Waals surface area (Å²) < 4.78 is 0. The van der Waals surface area contributed by atoms with E-state index in [4.69, 9.17) is 5.11 Å². The molecule has 0 atom stereocenters. The molecule has 2 aromatic carbocycles. The van der Waals surface area contributed by atoms with Gasteiger partial charge in [0.25, 0.3) is 0 Å². The van der Waals surface area contributed by atoms with Crippen molar-refractivity contribution in [1.29, 1.82) is 0 Å². The van der Waals surface area contributed by atoms with E-state index < -0.39 is 0 Å². The third-order valence-electron chi connectivity index (χ3n) is 3.36. The molecule has 0 fully saturated rings. The van der Waals surface area contributed by atoms with Gasteiger partial charge in [0.2, 0.25) is 0 Å². The van der Waals surface area contributed by atoms with Crippen LogP contribution in [0.2, 0.25) is 0 Å². The zero-order valence-electron chi connectivity index (χ0n) is 13.4. The zero-order chi connectivity index (χ0) is 16.0. The lowest BCUT2D eigenvalue weighted by molar-refractivity contribution is 0.0979. The van der Waals surface area contributed by atoms with Crippen molar-refractivity contribution >= 4 is 5.78 Å². The monoisotopic (exact) mass is 298 g/mol. The van der Waals surface area contributed by atoms with Crippen LogP contribution in [0.3, 0.4) is 0 Å². The first-order chi connectivity index (χ1) is 10.7. The maximum atomic E-state index is 11.7. The molecule has 0 aliphatic rings. The molecule has 0 saturated carbocycles. The average Bonchev–Trinajstić information content (AvgIpc) is 2.56. The Morgan fingerprint density at radius 2 is 1.36 bits per heavy atom. The van der Waals surface area contributed by atoms with E-state index in [-0.39, 0.29) is 5.78 Å². The number of phenols is 1. The van der Waals surface area contributed by atoms with Crippen molar-refractivity contribution in [2.24, 2.45) is 0 Å². The molecule has 0 aromatic heterocycles.